The van der Waals surface area contributed by atoms with Gasteiger partial charge in [-0.2, -0.15) is 0 Å². The zero-order chi connectivity index (χ0) is 22.3. The van der Waals surface area contributed by atoms with E-state index in [1.807, 2.05) is 0 Å². The van der Waals surface area contributed by atoms with E-state index >= 15 is 0 Å². The third kappa shape index (κ3) is 3.57. The highest BCUT2D eigenvalue weighted by molar-refractivity contribution is 7.14. The van der Waals surface area contributed by atoms with Crippen LogP contribution in [0, 0.1) is 13.8 Å². The Balaban J connectivity index is 1.84. The highest BCUT2D eigenvalue weighted by atomic mass is 32.1. The number of aromatic nitrogens is 1. The van der Waals surface area contributed by atoms with Gasteiger partial charge < -0.3 is 24.3 Å². The lowest BCUT2D eigenvalue weighted by Gasteiger charge is -2.26. The number of amides is 1. The van der Waals surface area contributed by atoms with Gasteiger partial charge in [-0.3, -0.25) is 9.59 Å². The topological polar surface area (TPSA) is 113 Å². The van der Waals surface area contributed by atoms with E-state index in [1.165, 1.54) is 35.7 Å². The van der Waals surface area contributed by atoms with Crippen LogP contribution < -0.4 is 4.74 Å². The van der Waals surface area contributed by atoms with Crippen LogP contribution in [0.3, 0.4) is 0 Å². The SMILES string of the molecule is COc1ccc(C2C(C(=O)c3sc(C)nc3C)=C(O)C(=O)N2Cc2ccco2)cc1O. The maximum atomic E-state index is 13.4. The summed E-state index contributed by atoms with van der Waals surface area (Å²) in [6, 6.07) is 7.06. The number of benzene rings is 1. The number of aliphatic hydroxyl groups is 1. The summed E-state index contributed by atoms with van der Waals surface area (Å²) in [5.74, 6) is -1.20. The molecule has 1 amide bonds. The molecule has 0 spiro atoms. The maximum Gasteiger partial charge on any atom is 0.290 e. The van der Waals surface area contributed by atoms with Gasteiger partial charge in [-0.15, -0.1) is 11.3 Å². The fourth-order valence-corrected chi connectivity index (χ4v) is 4.58. The number of phenols is 1. The van der Waals surface area contributed by atoms with Crippen molar-refractivity contribution in [1.82, 2.24) is 9.88 Å². The van der Waals surface area contributed by atoms with Gasteiger partial charge in [0, 0.05) is 0 Å². The minimum absolute atomic E-state index is 0.0326. The van der Waals surface area contributed by atoms with E-state index in [4.69, 9.17) is 9.15 Å². The van der Waals surface area contributed by atoms with Crippen molar-refractivity contribution in [1.29, 1.82) is 0 Å². The normalized spacial score (nSPS) is 16.3. The lowest BCUT2D eigenvalue weighted by atomic mass is 9.94. The van der Waals surface area contributed by atoms with Crippen LogP contribution in [0.5, 0.6) is 11.5 Å². The van der Waals surface area contributed by atoms with E-state index in [2.05, 4.69) is 4.98 Å². The first kappa shape index (κ1) is 20.7. The molecular weight excluding hydrogens is 420 g/mol. The summed E-state index contributed by atoms with van der Waals surface area (Å²) < 4.78 is 10.5. The second-order valence-corrected chi connectivity index (χ2v) is 8.29. The summed E-state index contributed by atoms with van der Waals surface area (Å²) in [5.41, 5.74) is 0.915. The second-order valence-electron chi connectivity index (χ2n) is 7.09. The zero-order valence-electron chi connectivity index (χ0n) is 17.1. The zero-order valence-corrected chi connectivity index (χ0v) is 17.9. The Morgan fingerprint density at radius 1 is 1.29 bits per heavy atom. The monoisotopic (exact) mass is 440 g/mol. The molecule has 3 heterocycles. The van der Waals surface area contributed by atoms with E-state index in [9.17, 15) is 19.8 Å². The number of methoxy groups -OCH3 is 1. The number of carbonyl (C=O) groups is 2. The predicted molar refractivity (Wildman–Crippen MR) is 112 cm³/mol. The molecule has 2 aromatic heterocycles. The van der Waals surface area contributed by atoms with Crippen LogP contribution in [0.2, 0.25) is 0 Å². The first-order valence-electron chi connectivity index (χ1n) is 9.44. The third-order valence-corrected chi connectivity index (χ3v) is 6.15. The number of hydrogen-bond donors (Lipinski definition) is 2. The molecule has 1 aromatic carbocycles. The molecule has 8 nitrogen and oxygen atoms in total. The Hall–Kier alpha value is -3.59. The number of aliphatic hydroxyl groups excluding tert-OH is 1. The molecule has 1 unspecified atom stereocenters. The van der Waals surface area contributed by atoms with Gasteiger partial charge in [0.15, 0.2) is 17.3 Å². The van der Waals surface area contributed by atoms with Gasteiger partial charge in [-0.25, -0.2) is 4.98 Å². The fourth-order valence-electron chi connectivity index (χ4n) is 3.71. The smallest absolute Gasteiger partial charge is 0.290 e. The summed E-state index contributed by atoms with van der Waals surface area (Å²) in [6.45, 7) is 3.52. The average molecular weight is 440 g/mol. The van der Waals surface area contributed by atoms with Crippen LogP contribution in [0.25, 0.3) is 0 Å². The molecule has 3 aromatic rings. The molecule has 0 fully saturated rings. The molecule has 31 heavy (non-hydrogen) atoms. The maximum absolute atomic E-state index is 13.4. The number of rotatable bonds is 6. The van der Waals surface area contributed by atoms with Crippen LogP contribution in [0.15, 0.2) is 52.3 Å². The van der Waals surface area contributed by atoms with E-state index in [0.717, 1.165) is 0 Å². The van der Waals surface area contributed by atoms with Gasteiger partial charge in [0.25, 0.3) is 5.91 Å². The van der Waals surface area contributed by atoms with Crippen molar-refractivity contribution < 1.29 is 29.0 Å². The number of hydrogen-bond acceptors (Lipinski definition) is 8. The minimum atomic E-state index is -0.927. The lowest BCUT2D eigenvalue weighted by molar-refractivity contribution is -0.130. The molecule has 1 aliphatic heterocycles. The summed E-state index contributed by atoms with van der Waals surface area (Å²) in [4.78, 5) is 32.4. The summed E-state index contributed by atoms with van der Waals surface area (Å²) in [5, 5.41) is 21.7. The van der Waals surface area contributed by atoms with Crippen LogP contribution in [-0.2, 0) is 11.3 Å². The van der Waals surface area contributed by atoms with Crippen molar-refractivity contribution in [2.75, 3.05) is 7.11 Å². The fraction of sp³-hybridized carbons (Fsp3) is 0.227. The number of ketones is 1. The van der Waals surface area contributed by atoms with Crippen molar-refractivity contribution in [2.45, 2.75) is 26.4 Å². The van der Waals surface area contributed by atoms with Crippen molar-refractivity contribution >= 4 is 23.0 Å². The molecule has 0 aliphatic carbocycles. The predicted octanol–water partition coefficient (Wildman–Crippen LogP) is 3.85. The average Bonchev–Trinajstić information content (AvgIpc) is 3.43. The van der Waals surface area contributed by atoms with E-state index < -0.39 is 23.5 Å². The number of ether oxygens (including phenoxy) is 1. The van der Waals surface area contributed by atoms with Gasteiger partial charge in [0.2, 0.25) is 5.78 Å². The van der Waals surface area contributed by atoms with Crippen LogP contribution in [-0.4, -0.2) is 38.9 Å². The molecule has 160 valence electrons. The van der Waals surface area contributed by atoms with Crippen molar-refractivity contribution in [3.8, 4) is 11.5 Å². The van der Waals surface area contributed by atoms with Crippen molar-refractivity contribution in [3.05, 3.63) is 74.8 Å². The van der Waals surface area contributed by atoms with Crippen molar-refractivity contribution in [2.24, 2.45) is 0 Å². The van der Waals surface area contributed by atoms with Crippen LogP contribution >= 0.6 is 11.3 Å². The third-order valence-electron chi connectivity index (χ3n) is 5.08. The number of aromatic hydroxyl groups is 1. The van der Waals surface area contributed by atoms with Crippen LogP contribution in [0.1, 0.15) is 37.7 Å². The Kier molecular flexibility index (Phi) is 5.28. The van der Waals surface area contributed by atoms with E-state index in [-0.39, 0.29) is 23.6 Å². The van der Waals surface area contributed by atoms with Gasteiger partial charge in [-0.05, 0) is 43.7 Å². The number of carbonyl (C=O) groups excluding carboxylic acids is 2. The van der Waals surface area contributed by atoms with E-state index in [1.54, 1.807) is 38.1 Å². The summed E-state index contributed by atoms with van der Waals surface area (Å²) >= 11 is 1.20. The molecular formula is C22H20N2O6S. The minimum Gasteiger partial charge on any atom is -0.504 e. The molecule has 0 saturated heterocycles. The number of nitrogens with zero attached hydrogens (tertiary/aromatic N) is 2. The molecule has 1 atom stereocenters. The number of thiazole rings is 1. The quantitative estimate of drug-likeness (QED) is 0.560. The first-order chi connectivity index (χ1) is 14.8. The summed E-state index contributed by atoms with van der Waals surface area (Å²) in [7, 11) is 1.42. The number of phenolic OH excluding ortho intramolecular Hbond substituents is 1. The largest absolute Gasteiger partial charge is 0.504 e. The molecule has 9 heteroatoms. The Morgan fingerprint density at radius 3 is 2.65 bits per heavy atom. The van der Waals surface area contributed by atoms with E-state index in [0.29, 0.717) is 26.9 Å². The molecule has 0 saturated carbocycles. The lowest BCUT2D eigenvalue weighted by Crippen LogP contribution is -2.30. The second kappa shape index (κ2) is 7.92. The van der Waals surface area contributed by atoms with Crippen LogP contribution in [0.4, 0.5) is 0 Å². The highest BCUT2D eigenvalue weighted by Gasteiger charge is 2.45. The standard InChI is InChI=1S/C22H20N2O6S/c1-11-21(31-12(2)23-11)19(26)17-18(13-6-7-16(29-3)15(25)9-13)24(22(28)20(17)27)10-14-5-4-8-30-14/h4-9,18,25,27H,10H2,1-3H3. The molecule has 2 N–H and O–H groups in total. The van der Waals surface area contributed by atoms with Gasteiger partial charge in [0.05, 0.1) is 47.1 Å². The number of Topliss-reactive ketones (excluding diaryl/α,β-unsaturated/α-hetero) is 1. The number of furan rings is 1. The van der Waals surface area contributed by atoms with Crippen molar-refractivity contribution in [3.63, 3.8) is 0 Å². The molecule has 0 radical (unpaired) electrons. The molecule has 1 aliphatic rings. The number of aryl methyl sites for hydroxylation is 2. The van der Waals surface area contributed by atoms with Gasteiger partial charge in [-0.1, -0.05) is 6.07 Å². The highest BCUT2D eigenvalue weighted by Crippen LogP contribution is 2.42. The molecule has 0 bridgehead atoms. The van der Waals surface area contributed by atoms with Gasteiger partial charge >= 0.3 is 0 Å². The Bertz CT molecular complexity index is 1190. The molecule has 4 rings (SSSR count). The summed E-state index contributed by atoms with van der Waals surface area (Å²) in [6.07, 6.45) is 1.48. The Morgan fingerprint density at radius 2 is 2.06 bits per heavy atom. The first-order valence-corrected chi connectivity index (χ1v) is 10.3. The van der Waals surface area contributed by atoms with Gasteiger partial charge in [0.1, 0.15) is 5.76 Å². The Labute approximate surface area is 182 Å².